The number of hydrogen-bond acceptors (Lipinski definition) is 3. The fourth-order valence-corrected chi connectivity index (χ4v) is 5.40. The zero-order valence-electron chi connectivity index (χ0n) is 13.8. The first-order valence-corrected chi connectivity index (χ1v) is 9.97. The number of fused-ring (bicyclic) bond motifs is 2. The molecule has 4 fully saturated rings. The topological polar surface area (TPSA) is 23.6 Å². The van der Waals surface area contributed by atoms with Crippen LogP contribution in [0.1, 0.15) is 24.3 Å². The van der Waals surface area contributed by atoms with Crippen LogP contribution in [0.4, 0.5) is 8.78 Å². The van der Waals surface area contributed by atoms with Crippen LogP contribution in [0.25, 0.3) is 0 Å². The summed E-state index contributed by atoms with van der Waals surface area (Å²) in [5, 5.41) is 0. The van der Waals surface area contributed by atoms with Gasteiger partial charge in [0, 0.05) is 18.5 Å². The van der Waals surface area contributed by atoms with E-state index in [1.165, 1.54) is 11.8 Å². The van der Waals surface area contributed by atoms with E-state index < -0.39 is 11.6 Å². The molecule has 0 N–H and O–H groups in total. The summed E-state index contributed by atoms with van der Waals surface area (Å²) in [6, 6.07) is 4.70. The fraction of sp³-hybridized carbons (Fsp3) is 0.611. The first-order valence-electron chi connectivity index (χ1n) is 8.58. The van der Waals surface area contributed by atoms with Gasteiger partial charge in [0.25, 0.3) is 0 Å². The number of carbonyl (C=O) groups is 1. The molecule has 4 heterocycles. The Kier molecular flexibility index (Phi) is 4.29. The Labute approximate surface area is 145 Å². The van der Waals surface area contributed by atoms with Crippen LogP contribution >= 0.6 is 11.8 Å². The Morgan fingerprint density at radius 1 is 1.25 bits per heavy atom. The highest BCUT2D eigenvalue weighted by Crippen LogP contribution is 2.47. The van der Waals surface area contributed by atoms with Crippen LogP contribution in [0.15, 0.2) is 18.2 Å². The third-order valence-electron chi connectivity index (χ3n) is 5.96. The smallest absolute Gasteiger partial charge is 0.232 e. The predicted molar refractivity (Wildman–Crippen MR) is 91.1 cm³/mol. The van der Waals surface area contributed by atoms with E-state index >= 15 is 0 Å². The molecule has 1 aromatic rings. The van der Waals surface area contributed by atoms with Gasteiger partial charge in [-0.25, -0.2) is 8.78 Å². The second kappa shape index (κ2) is 6.30. The molecule has 0 unspecified atom stereocenters. The number of halogens is 2. The zero-order valence-corrected chi connectivity index (χ0v) is 14.6. The summed E-state index contributed by atoms with van der Waals surface area (Å²) in [7, 11) is 0. The third kappa shape index (κ3) is 2.46. The molecule has 0 spiro atoms. The SMILES string of the molecule is CSCC(=O)N1C[C@H](c2cccc(F)c2F)[C@H]2[C@@H]1C1CCN2CC1. The van der Waals surface area contributed by atoms with Crippen molar-refractivity contribution in [1.29, 1.82) is 0 Å². The number of likely N-dealkylation sites (tertiary alicyclic amines) is 1. The minimum atomic E-state index is -0.797. The van der Waals surface area contributed by atoms with Gasteiger partial charge in [0.2, 0.25) is 5.91 Å². The lowest BCUT2D eigenvalue weighted by molar-refractivity contribution is -0.133. The highest BCUT2D eigenvalue weighted by Gasteiger charge is 2.54. The van der Waals surface area contributed by atoms with E-state index in [9.17, 15) is 13.6 Å². The highest BCUT2D eigenvalue weighted by molar-refractivity contribution is 7.99. The molecule has 4 aliphatic rings. The van der Waals surface area contributed by atoms with Crippen molar-refractivity contribution in [1.82, 2.24) is 9.80 Å². The zero-order chi connectivity index (χ0) is 16.8. The third-order valence-corrected chi connectivity index (χ3v) is 6.50. The van der Waals surface area contributed by atoms with E-state index in [2.05, 4.69) is 4.90 Å². The summed E-state index contributed by atoms with van der Waals surface area (Å²) in [4.78, 5) is 17.0. The van der Waals surface area contributed by atoms with Gasteiger partial charge in [-0.05, 0) is 49.7 Å². The average molecular weight is 352 g/mol. The van der Waals surface area contributed by atoms with Crippen LogP contribution in [-0.2, 0) is 4.79 Å². The molecule has 0 aliphatic carbocycles. The number of rotatable bonds is 3. The maximum Gasteiger partial charge on any atom is 0.232 e. The summed E-state index contributed by atoms with van der Waals surface area (Å²) < 4.78 is 28.2. The van der Waals surface area contributed by atoms with Gasteiger partial charge < -0.3 is 4.90 Å². The lowest BCUT2D eigenvalue weighted by atomic mass is 9.75. The first-order chi connectivity index (χ1) is 11.6. The molecule has 0 radical (unpaired) electrons. The van der Waals surface area contributed by atoms with Crippen LogP contribution < -0.4 is 0 Å². The van der Waals surface area contributed by atoms with Gasteiger partial charge >= 0.3 is 0 Å². The molecular formula is C18H22F2N2OS. The van der Waals surface area contributed by atoms with E-state index in [1.807, 2.05) is 11.2 Å². The highest BCUT2D eigenvalue weighted by atomic mass is 32.2. The number of hydrogen-bond donors (Lipinski definition) is 0. The maximum absolute atomic E-state index is 14.4. The normalized spacial score (nSPS) is 34.5. The maximum atomic E-state index is 14.4. The number of benzene rings is 1. The van der Waals surface area contributed by atoms with Crippen LogP contribution in [0.5, 0.6) is 0 Å². The Morgan fingerprint density at radius 2 is 2.00 bits per heavy atom. The second-order valence-corrected chi connectivity index (χ2v) is 7.95. The van der Waals surface area contributed by atoms with Crippen molar-refractivity contribution in [2.45, 2.75) is 30.8 Å². The molecule has 0 aromatic heterocycles. The van der Waals surface area contributed by atoms with Gasteiger partial charge in [-0.15, -0.1) is 0 Å². The van der Waals surface area contributed by atoms with Crippen molar-refractivity contribution in [2.24, 2.45) is 5.92 Å². The van der Waals surface area contributed by atoms with Crippen molar-refractivity contribution < 1.29 is 13.6 Å². The quantitative estimate of drug-likeness (QED) is 0.836. The Hall–Kier alpha value is -1.14. The van der Waals surface area contributed by atoms with Crippen LogP contribution in [-0.4, -0.2) is 59.4 Å². The molecule has 4 saturated heterocycles. The summed E-state index contributed by atoms with van der Waals surface area (Å²) in [6.45, 7) is 2.51. The van der Waals surface area contributed by atoms with Gasteiger partial charge in [-0.3, -0.25) is 9.69 Å². The Morgan fingerprint density at radius 3 is 2.71 bits per heavy atom. The average Bonchev–Trinajstić information content (AvgIpc) is 3.01. The van der Waals surface area contributed by atoms with Gasteiger partial charge in [0.05, 0.1) is 11.8 Å². The molecule has 2 bridgehead atoms. The molecule has 1 aromatic carbocycles. The summed E-state index contributed by atoms with van der Waals surface area (Å²) >= 11 is 1.52. The molecule has 6 heteroatoms. The minimum absolute atomic E-state index is 0.125. The van der Waals surface area contributed by atoms with E-state index in [0.717, 1.165) is 32.0 Å². The Balaban J connectivity index is 1.72. The molecule has 5 rings (SSSR count). The first kappa shape index (κ1) is 16.3. The monoisotopic (exact) mass is 352 g/mol. The van der Waals surface area contributed by atoms with E-state index in [0.29, 0.717) is 23.8 Å². The summed E-state index contributed by atoms with van der Waals surface area (Å²) in [6.07, 6.45) is 4.12. The Bertz CT molecular complexity index is 648. The van der Waals surface area contributed by atoms with E-state index in [4.69, 9.17) is 0 Å². The standard InChI is InChI=1S/C18H22F2N2OS/c1-24-10-15(23)22-9-13(12-3-2-4-14(19)16(12)20)18-17(22)11-5-7-21(18)8-6-11/h2-4,11,13,17-18H,5-10H2,1H3/t13-,17+,18+/m1/s1. The fourth-order valence-electron chi connectivity index (χ4n) is 4.99. The summed E-state index contributed by atoms with van der Waals surface area (Å²) in [5.41, 5.74) is 0.428. The minimum Gasteiger partial charge on any atom is -0.336 e. The van der Waals surface area contributed by atoms with Gasteiger partial charge in [-0.1, -0.05) is 12.1 Å². The molecule has 24 heavy (non-hydrogen) atoms. The number of amides is 1. The van der Waals surface area contributed by atoms with E-state index in [-0.39, 0.29) is 23.9 Å². The van der Waals surface area contributed by atoms with Crippen molar-refractivity contribution >= 4 is 17.7 Å². The molecule has 4 aliphatic heterocycles. The lowest BCUT2D eigenvalue weighted by Gasteiger charge is -2.51. The second-order valence-electron chi connectivity index (χ2n) is 7.08. The number of nitrogens with zero attached hydrogens (tertiary/aromatic N) is 2. The molecule has 0 saturated carbocycles. The van der Waals surface area contributed by atoms with Crippen LogP contribution in [0.2, 0.25) is 0 Å². The molecule has 1 amide bonds. The van der Waals surface area contributed by atoms with Crippen molar-refractivity contribution in [2.75, 3.05) is 31.6 Å². The number of piperidine rings is 3. The van der Waals surface area contributed by atoms with Gasteiger partial charge in [0.1, 0.15) is 0 Å². The largest absolute Gasteiger partial charge is 0.336 e. The molecule has 3 nitrogen and oxygen atoms in total. The molecule has 130 valence electrons. The number of thioether (sulfide) groups is 1. The summed E-state index contributed by atoms with van der Waals surface area (Å²) in [5.74, 6) is -0.608. The predicted octanol–water partition coefficient (Wildman–Crippen LogP) is 2.72. The van der Waals surface area contributed by atoms with Crippen LogP contribution in [0, 0.1) is 17.6 Å². The van der Waals surface area contributed by atoms with Gasteiger partial charge in [-0.2, -0.15) is 11.8 Å². The van der Waals surface area contributed by atoms with Crippen molar-refractivity contribution in [3.8, 4) is 0 Å². The van der Waals surface area contributed by atoms with Crippen molar-refractivity contribution in [3.05, 3.63) is 35.4 Å². The lowest BCUT2D eigenvalue weighted by Crippen LogP contribution is -2.61. The number of carbonyl (C=O) groups excluding carboxylic acids is 1. The molecular weight excluding hydrogens is 330 g/mol. The molecule has 3 atom stereocenters. The van der Waals surface area contributed by atoms with Crippen molar-refractivity contribution in [3.63, 3.8) is 0 Å². The van der Waals surface area contributed by atoms with Gasteiger partial charge in [0.15, 0.2) is 11.6 Å². The van der Waals surface area contributed by atoms with E-state index in [1.54, 1.807) is 12.1 Å². The van der Waals surface area contributed by atoms with Crippen LogP contribution in [0.3, 0.4) is 0 Å².